The van der Waals surface area contributed by atoms with Crippen LogP contribution in [0.1, 0.15) is 34.7 Å². The van der Waals surface area contributed by atoms with Gasteiger partial charge in [0.05, 0.1) is 0 Å². The Morgan fingerprint density at radius 3 is 2.78 bits per heavy atom. The molecule has 100 valence electrons. The Hall–Kier alpha value is -1.57. The number of carbonyl (C=O) groups is 1. The minimum Gasteiger partial charge on any atom is -0.364 e. The molecule has 2 rings (SSSR count). The first-order valence-corrected chi connectivity index (χ1v) is 5.50. The number of primary amides is 1. The predicted octanol–water partition coefficient (Wildman–Crippen LogP) is 0.751. The molecule has 0 radical (unpaired) electrons. The number of aromatic nitrogens is 2. The lowest BCUT2D eigenvalue weighted by molar-refractivity contribution is -0.165. The predicted molar refractivity (Wildman–Crippen MR) is 56.9 cm³/mol. The first-order chi connectivity index (χ1) is 8.32. The molecule has 0 unspecified atom stereocenters. The molecule has 0 aromatic carbocycles. The van der Waals surface area contributed by atoms with Gasteiger partial charge in [-0.1, -0.05) is 0 Å². The second kappa shape index (κ2) is 4.27. The summed E-state index contributed by atoms with van der Waals surface area (Å²) in [4.78, 5) is 11.2. The van der Waals surface area contributed by atoms with Crippen LogP contribution in [0.3, 0.4) is 0 Å². The highest BCUT2D eigenvalue weighted by Gasteiger charge is 2.40. The number of carbonyl (C=O) groups excluding carboxylic acids is 1. The highest BCUT2D eigenvalue weighted by molar-refractivity contribution is 5.92. The van der Waals surface area contributed by atoms with E-state index in [1.54, 1.807) is 0 Å². The Morgan fingerprint density at radius 2 is 2.22 bits per heavy atom. The van der Waals surface area contributed by atoms with Gasteiger partial charge in [-0.15, -0.1) is 0 Å². The first-order valence-electron chi connectivity index (χ1n) is 5.50. The third kappa shape index (κ3) is 2.07. The molecule has 0 fully saturated rings. The van der Waals surface area contributed by atoms with E-state index in [-0.39, 0.29) is 5.69 Å². The summed E-state index contributed by atoms with van der Waals surface area (Å²) in [6.45, 7) is 1.89. The Labute approximate surface area is 101 Å². The van der Waals surface area contributed by atoms with Crippen molar-refractivity contribution in [2.75, 3.05) is 6.54 Å². The molecule has 5 nitrogen and oxygen atoms in total. The van der Waals surface area contributed by atoms with Crippen LogP contribution in [-0.2, 0) is 13.0 Å². The van der Waals surface area contributed by atoms with Crippen molar-refractivity contribution in [2.45, 2.75) is 32.1 Å². The maximum atomic E-state index is 12.7. The number of nitrogens with two attached hydrogens (primary N) is 1. The van der Waals surface area contributed by atoms with Crippen LogP contribution in [0.4, 0.5) is 13.2 Å². The molecule has 18 heavy (non-hydrogen) atoms. The number of nitrogens with one attached hydrogen (secondary N) is 1. The molecule has 1 aromatic heterocycles. The third-order valence-electron chi connectivity index (χ3n) is 3.03. The molecule has 1 amide bonds. The molecule has 0 spiro atoms. The highest BCUT2D eigenvalue weighted by atomic mass is 19.4. The van der Waals surface area contributed by atoms with E-state index in [1.165, 1.54) is 0 Å². The van der Waals surface area contributed by atoms with Crippen LogP contribution in [0, 0.1) is 0 Å². The second-order valence-electron chi connectivity index (χ2n) is 4.23. The van der Waals surface area contributed by atoms with Crippen molar-refractivity contribution >= 4 is 5.91 Å². The quantitative estimate of drug-likeness (QED) is 0.826. The summed E-state index contributed by atoms with van der Waals surface area (Å²) in [5.41, 5.74) is 5.98. The van der Waals surface area contributed by atoms with Gasteiger partial charge in [0.1, 0.15) is 6.04 Å². The molecule has 2 heterocycles. The number of hydrogen-bond donors (Lipinski definition) is 2. The number of hydrogen-bond acceptors (Lipinski definition) is 3. The van der Waals surface area contributed by atoms with E-state index in [0.29, 0.717) is 30.8 Å². The van der Waals surface area contributed by atoms with E-state index in [0.717, 1.165) is 11.6 Å². The smallest absolute Gasteiger partial charge is 0.364 e. The van der Waals surface area contributed by atoms with E-state index in [4.69, 9.17) is 5.73 Å². The van der Waals surface area contributed by atoms with Crippen LogP contribution in [0.2, 0.25) is 0 Å². The molecular weight excluding hydrogens is 249 g/mol. The molecule has 8 heteroatoms. The topological polar surface area (TPSA) is 72.9 Å². The molecular formula is C10H13F3N4O. The lowest BCUT2D eigenvalue weighted by Gasteiger charge is -2.21. The highest BCUT2D eigenvalue weighted by Crippen LogP contribution is 2.32. The lowest BCUT2D eigenvalue weighted by Crippen LogP contribution is -2.30. The number of alkyl halides is 3. The van der Waals surface area contributed by atoms with E-state index < -0.39 is 18.1 Å². The maximum Gasteiger partial charge on any atom is 0.410 e. The molecule has 1 aromatic rings. The summed E-state index contributed by atoms with van der Waals surface area (Å²) in [6, 6.07) is -1.77. The van der Waals surface area contributed by atoms with Crippen LogP contribution in [0.25, 0.3) is 0 Å². The number of amides is 1. The molecule has 1 aliphatic heterocycles. The summed E-state index contributed by atoms with van der Waals surface area (Å²) in [7, 11) is 0. The van der Waals surface area contributed by atoms with Gasteiger partial charge in [-0.3, -0.25) is 9.48 Å². The average Bonchev–Trinajstić information content (AvgIpc) is 2.66. The SMILES string of the molecule is C[C@@H](n1nc(C(N)=O)c2c1CCNC2)C(F)(F)F. The van der Waals surface area contributed by atoms with Gasteiger partial charge >= 0.3 is 6.18 Å². The van der Waals surface area contributed by atoms with Gasteiger partial charge in [0, 0.05) is 30.8 Å². The number of rotatable bonds is 2. The van der Waals surface area contributed by atoms with Crippen LogP contribution >= 0.6 is 0 Å². The van der Waals surface area contributed by atoms with E-state index in [2.05, 4.69) is 10.4 Å². The monoisotopic (exact) mass is 262 g/mol. The molecule has 0 aliphatic carbocycles. The molecule has 1 aliphatic rings. The van der Waals surface area contributed by atoms with Crippen molar-refractivity contribution in [1.82, 2.24) is 15.1 Å². The Morgan fingerprint density at radius 1 is 1.56 bits per heavy atom. The molecule has 0 saturated heterocycles. The van der Waals surface area contributed by atoms with Gasteiger partial charge in [-0.2, -0.15) is 18.3 Å². The zero-order chi connectivity index (χ0) is 13.5. The van der Waals surface area contributed by atoms with Crippen molar-refractivity contribution in [3.8, 4) is 0 Å². The number of fused-ring (bicyclic) bond motifs is 1. The first kappa shape index (κ1) is 12.9. The van der Waals surface area contributed by atoms with Crippen LogP contribution in [0.15, 0.2) is 0 Å². The fourth-order valence-electron chi connectivity index (χ4n) is 2.03. The van der Waals surface area contributed by atoms with E-state index >= 15 is 0 Å². The molecule has 1 atom stereocenters. The zero-order valence-corrected chi connectivity index (χ0v) is 9.71. The van der Waals surface area contributed by atoms with Gasteiger partial charge in [0.2, 0.25) is 0 Å². The minimum absolute atomic E-state index is 0.0756. The Bertz CT molecular complexity index is 480. The summed E-state index contributed by atoms with van der Waals surface area (Å²) >= 11 is 0. The fourth-order valence-corrected chi connectivity index (χ4v) is 2.03. The van der Waals surface area contributed by atoms with Crippen molar-refractivity contribution in [3.63, 3.8) is 0 Å². The molecule has 3 N–H and O–H groups in total. The minimum atomic E-state index is -4.40. The summed E-state index contributed by atoms with van der Waals surface area (Å²) in [6.07, 6.45) is -4.00. The van der Waals surface area contributed by atoms with Crippen molar-refractivity contribution < 1.29 is 18.0 Å². The summed E-state index contributed by atoms with van der Waals surface area (Å²) < 4.78 is 39.0. The van der Waals surface area contributed by atoms with Crippen molar-refractivity contribution in [2.24, 2.45) is 5.73 Å². The lowest BCUT2D eigenvalue weighted by atomic mass is 10.1. The van der Waals surface area contributed by atoms with Crippen molar-refractivity contribution in [1.29, 1.82) is 0 Å². The van der Waals surface area contributed by atoms with Gasteiger partial charge in [0.15, 0.2) is 5.69 Å². The van der Waals surface area contributed by atoms with E-state index in [9.17, 15) is 18.0 Å². The maximum absolute atomic E-state index is 12.7. The standard InChI is InChI=1S/C10H13F3N4O/c1-5(10(11,12)13)17-7-2-3-15-4-6(7)8(16-17)9(14)18/h5,15H,2-4H2,1H3,(H2,14,18)/t5-/m1/s1. The van der Waals surface area contributed by atoms with Crippen molar-refractivity contribution in [3.05, 3.63) is 17.0 Å². The zero-order valence-electron chi connectivity index (χ0n) is 9.71. The van der Waals surface area contributed by atoms with Crippen LogP contribution in [0.5, 0.6) is 0 Å². The van der Waals surface area contributed by atoms with Crippen LogP contribution in [-0.4, -0.2) is 28.4 Å². The second-order valence-corrected chi connectivity index (χ2v) is 4.23. The van der Waals surface area contributed by atoms with Gasteiger partial charge in [-0.25, -0.2) is 0 Å². The normalized spacial score (nSPS) is 17.3. The summed E-state index contributed by atoms with van der Waals surface area (Å²) in [5.74, 6) is -0.803. The molecule has 0 saturated carbocycles. The number of nitrogens with zero attached hydrogens (tertiary/aromatic N) is 2. The fraction of sp³-hybridized carbons (Fsp3) is 0.600. The average molecular weight is 262 g/mol. The van der Waals surface area contributed by atoms with Crippen LogP contribution < -0.4 is 11.1 Å². The van der Waals surface area contributed by atoms with Gasteiger partial charge in [-0.05, 0) is 6.92 Å². The molecule has 0 bridgehead atoms. The third-order valence-corrected chi connectivity index (χ3v) is 3.03. The van der Waals surface area contributed by atoms with E-state index in [1.807, 2.05) is 0 Å². The van der Waals surface area contributed by atoms with Gasteiger partial charge < -0.3 is 11.1 Å². The Kier molecular flexibility index (Phi) is 3.05. The van der Waals surface area contributed by atoms with Gasteiger partial charge in [0.25, 0.3) is 5.91 Å². The Balaban J connectivity index is 2.52. The summed E-state index contributed by atoms with van der Waals surface area (Å²) in [5, 5.41) is 6.72. The number of halogens is 3. The largest absolute Gasteiger partial charge is 0.410 e.